The van der Waals surface area contributed by atoms with Crippen molar-refractivity contribution in [1.82, 2.24) is 15.1 Å². The van der Waals surface area contributed by atoms with Crippen LogP contribution >= 0.6 is 11.6 Å². The molecule has 1 atom stereocenters. The van der Waals surface area contributed by atoms with E-state index in [1.807, 2.05) is 6.92 Å². The highest BCUT2D eigenvalue weighted by atomic mass is 35.5. The molecule has 72 valence electrons. The lowest BCUT2D eigenvalue weighted by Gasteiger charge is -2.05. The lowest BCUT2D eigenvalue weighted by atomic mass is 10.2. The van der Waals surface area contributed by atoms with Gasteiger partial charge in [-0.15, -0.1) is 11.6 Å². The van der Waals surface area contributed by atoms with Crippen molar-refractivity contribution in [3.63, 3.8) is 0 Å². The van der Waals surface area contributed by atoms with Crippen LogP contribution < -0.4 is 5.32 Å². The first-order valence-electron chi connectivity index (χ1n) is 3.92. The Morgan fingerprint density at radius 3 is 2.77 bits per heavy atom. The van der Waals surface area contributed by atoms with Crippen LogP contribution in [0.2, 0.25) is 0 Å². The molecule has 1 N–H and O–H groups in total. The summed E-state index contributed by atoms with van der Waals surface area (Å²) in [5.74, 6) is -0.210. The summed E-state index contributed by atoms with van der Waals surface area (Å²) < 4.78 is 1.64. The maximum Gasteiger partial charge on any atom is 0.242 e. The van der Waals surface area contributed by atoms with Crippen LogP contribution in [0.4, 0.5) is 0 Å². The molecule has 1 aromatic heterocycles. The number of carbonyl (C=O) groups excluding carboxylic acids is 1. The van der Waals surface area contributed by atoms with E-state index >= 15 is 0 Å². The first-order chi connectivity index (χ1) is 6.06. The molecule has 1 unspecified atom stereocenters. The summed E-state index contributed by atoms with van der Waals surface area (Å²) in [5, 5.41) is 5.94. The van der Waals surface area contributed by atoms with Gasteiger partial charge in [0.15, 0.2) is 0 Å². The topological polar surface area (TPSA) is 46.9 Å². The Bertz CT molecular complexity index is 321. The van der Waals surface area contributed by atoms with Crippen LogP contribution in [0.25, 0.3) is 0 Å². The van der Waals surface area contributed by atoms with Gasteiger partial charge >= 0.3 is 0 Å². The van der Waals surface area contributed by atoms with E-state index in [9.17, 15) is 4.79 Å². The molecule has 0 aliphatic heterocycles. The average molecular weight is 202 g/mol. The highest BCUT2D eigenvalue weighted by Crippen LogP contribution is 2.22. The van der Waals surface area contributed by atoms with Crippen molar-refractivity contribution in [2.45, 2.75) is 12.3 Å². The number of rotatable bonds is 2. The lowest BCUT2D eigenvalue weighted by molar-refractivity contribution is -0.120. The minimum Gasteiger partial charge on any atom is -0.358 e. The van der Waals surface area contributed by atoms with Crippen molar-refractivity contribution in [2.24, 2.45) is 7.05 Å². The molecule has 0 radical (unpaired) electrons. The van der Waals surface area contributed by atoms with Gasteiger partial charge < -0.3 is 5.32 Å². The van der Waals surface area contributed by atoms with Crippen LogP contribution in [0.15, 0.2) is 6.20 Å². The van der Waals surface area contributed by atoms with Crippen LogP contribution in [0.5, 0.6) is 0 Å². The molecule has 0 aromatic carbocycles. The van der Waals surface area contributed by atoms with Gasteiger partial charge in [0.25, 0.3) is 0 Å². The molecular weight excluding hydrogens is 190 g/mol. The third-order valence-corrected chi connectivity index (χ3v) is 2.23. The molecule has 13 heavy (non-hydrogen) atoms. The average Bonchev–Trinajstić information content (AvgIpc) is 2.42. The summed E-state index contributed by atoms with van der Waals surface area (Å²) in [4.78, 5) is 11.2. The molecule has 1 heterocycles. The molecule has 0 saturated heterocycles. The Kier molecular flexibility index (Phi) is 2.93. The van der Waals surface area contributed by atoms with Gasteiger partial charge in [-0.2, -0.15) is 5.10 Å². The predicted molar refractivity (Wildman–Crippen MR) is 50.6 cm³/mol. The minimum atomic E-state index is -0.654. The Balaban J connectivity index is 2.94. The van der Waals surface area contributed by atoms with Gasteiger partial charge in [-0.25, -0.2) is 0 Å². The zero-order valence-electron chi connectivity index (χ0n) is 7.84. The molecule has 1 aromatic rings. The van der Waals surface area contributed by atoms with E-state index in [0.29, 0.717) is 0 Å². The summed E-state index contributed by atoms with van der Waals surface area (Å²) in [6, 6.07) is 0. The minimum absolute atomic E-state index is 0.210. The molecule has 0 bridgehead atoms. The normalized spacial score (nSPS) is 12.6. The van der Waals surface area contributed by atoms with Gasteiger partial charge in [0.2, 0.25) is 5.91 Å². The summed E-state index contributed by atoms with van der Waals surface area (Å²) in [5.41, 5.74) is 1.54. The van der Waals surface area contributed by atoms with Crippen LogP contribution in [-0.4, -0.2) is 22.7 Å². The summed E-state index contributed by atoms with van der Waals surface area (Å²) in [6.07, 6.45) is 1.75. The second kappa shape index (κ2) is 3.79. The van der Waals surface area contributed by atoms with Crippen LogP contribution in [0.3, 0.4) is 0 Å². The number of halogens is 1. The third kappa shape index (κ3) is 2.01. The number of likely N-dealkylation sites (N-methyl/N-ethyl adjacent to an activating group) is 1. The van der Waals surface area contributed by atoms with Crippen LogP contribution in [0, 0.1) is 6.92 Å². The largest absolute Gasteiger partial charge is 0.358 e. The molecule has 0 saturated carbocycles. The quantitative estimate of drug-likeness (QED) is 0.718. The summed E-state index contributed by atoms with van der Waals surface area (Å²) in [6.45, 7) is 1.83. The van der Waals surface area contributed by atoms with E-state index in [1.165, 1.54) is 0 Å². The van der Waals surface area contributed by atoms with Crippen molar-refractivity contribution in [1.29, 1.82) is 0 Å². The Morgan fingerprint density at radius 2 is 2.38 bits per heavy atom. The van der Waals surface area contributed by atoms with E-state index < -0.39 is 5.38 Å². The van der Waals surface area contributed by atoms with Gasteiger partial charge in [-0.3, -0.25) is 9.48 Å². The monoisotopic (exact) mass is 201 g/mol. The smallest absolute Gasteiger partial charge is 0.242 e. The summed E-state index contributed by atoms with van der Waals surface area (Å²) >= 11 is 5.91. The standard InChI is InChI=1S/C8H12ClN3O/c1-5-6(4-12(3)11-5)7(9)8(13)10-2/h4,7H,1-3H3,(H,10,13). The molecule has 0 spiro atoms. The number of carbonyl (C=O) groups is 1. The number of alkyl halides is 1. The molecular formula is C8H12ClN3O. The second-order valence-corrected chi connectivity index (χ2v) is 3.26. The SMILES string of the molecule is CNC(=O)C(Cl)c1cn(C)nc1C. The molecule has 4 nitrogen and oxygen atoms in total. The van der Waals surface area contributed by atoms with Crippen molar-refractivity contribution in [3.05, 3.63) is 17.5 Å². The first kappa shape index (κ1) is 10.1. The molecule has 0 aliphatic carbocycles. The van der Waals surface area contributed by atoms with Gasteiger partial charge in [0.05, 0.1) is 5.69 Å². The number of aromatic nitrogens is 2. The Hall–Kier alpha value is -1.03. The van der Waals surface area contributed by atoms with Gasteiger partial charge in [0.1, 0.15) is 5.38 Å². The Labute approximate surface area is 81.9 Å². The van der Waals surface area contributed by atoms with E-state index in [2.05, 4.69) is 10.4 Å². The number of nitrogens with zero attached hydrogens (tertiary/aromatic N) is 2. The highest BCUT2D eigenvalue weighted by Gasteiger charge is 2.20. The zero-order valence-corrected chi connectivity index (χ0v) is 8.59. The second-order valence-electron chi connectivity index (χ2n) is 2.82. The maximum absolute atomic E-state index is 11.2. The van der Waals surface area contributed by atoms with E-state index in [-0.39, 0.29) is 5.91 Å². The van der Waals surface area contributed by atoms with Crippen molar-refractivity contribution in [2.75, 3.05) is 7.05 Å². The van der Waals surface area contributed by atoms with Crippen molar-refractivity contribution < 1.29 is 4.79 Å². The highest BCUT2D eigenvalue weighted by molar-refractivity contribution is 6.30. The number of amides is 1. The summed E-state index contributed by atoms with van der Waals surface area (Å²) in [7, 11) is 3.35. The zero-order chi connectivity index (χ0) is 10.0. The fourth-order valence-corrected chi connectivity index (χ4v) is 1.46. The molecule has 1 rings (SSSR count). The van der Waals surface area contributed by atoms with E-state index in [0.717, 1.165) is 11.3 Å². The van der Waals surface area contributed by atoms with Crippen LogP contribution in [0.1, 0.15) is 16.6 Å². The fourth-order valence-electron chi connectivity index (χ4n) is 1.13. The number of hydrogen-bond donors (Lipinski definition) is 1. The molecule has 1 amide bonds. The van der Waals surface area contributed by atoms with E-state index in [4.69, 9.17) is 11.6 Å². The maximum atomic E-state index is 11.2. The lowest BCUT2D eigenvalue weighted by Crippen LogP contribution is -2.22. The fraction of sp³-hybridized carbons (Fsp3) is 0.500. The van der Waals surface area contributed by atoms with Gasteiger partial charge in [0, 0.05) is 25.9 Å². The predicted octanol–water partition coefficient (Wildman–Crippen LogP) is 0.754. The van der Waals surface area contributed by atoms with Gasteiger partial charge in [-0.1, -0.05) is 0 Å². The third-order valence-electron chi connectivity index (χ3n) is 1.80. The first-order valence-corrected chi connectivity index (χ1v) is 4.35. The van der Waals surface area contributed by atoms with Crippen molar-refractivity contribution in [3.8, 4) is 0 Å². The van der Waals surface area contributed by atoms with Crippen molar-refractivity contribution >= 4 is 17.5 Å². The van der Waals surface area contributed by atoms with Gasteiger partial charge in [-0.05, 0) is 6.92 Å². The van der Waals surface area contributed by atoms with Crippen LogP contribution in [-0.2, 0) is 11.8 Å². The van der Waals surface area contributed by atoms with E-state index in [1.54, 1.807) is 25.0 Å². The molecule has 0 aliphatic rings. The Morgan fingerprint density at radius 1 is 1.77 bits per heavy atom. The number of hydrogen-bond acceptors (Lipinski definition) is 2. The number of aryl methyl sites for hydroxylation is 2. The molecule has 0 fully saturated rings. The molecule has 5 heteroatoms. The number of nitrogens with one attached hydrogen (secondary N) is 1.